The molecule has 2 heterocycles. The zero-order valence-electron chi connectivity index (χ0n) is 28.4. The number of nitro groups is 1. The molecule has 2 N–H and O–H groups in total. The Morgan fingerprint density at radius 2 is 1.46 bits per heavy atom. The summed E-state index contributed by atoms with van der Waals surface area (Å²) in [6.45, 7) is 11.5. The maximum Gasteiger partial charge on any atom is 0.269 e. The van der Waals surface area contributed by atoms with Gasteiger partial charge in [-0.15, -0.1) is 0 Å². The number of amides is 2. The van der Waals surface area contributed by atoms with Crippen molar-refractivity contribution in [1.82, 2.24) is 20.4 Å². The Bertz CT molecular complexity index is 1580. The SMILES string of the molecule is CC(C)C1=C(NC=O)C(c2ccc([N+](=O)[O-])cc2)C(N(C=O)CCCN2CCC(c3ccccc3)(c3ccccc3)CC2)=C(C(C)C)N1. The van der Waals surface area contributed by atoms with E-state index in [0.717, 1.165) is 68.0 Å². The Labute approximate surface area is 283 Å². The number of hydrogen-bond acceptors (Lipinski definition) is 6. The molecule has 0 spiro atoms. The van der Waals surface area contributed by atoms with Crippen molar-refractivity contribution in [3.63, 3.8) is 0 Å². The van der Waals surface area contributed by atoms with Gasteiger partial charge in [-0.3, -0.25) is 19.7 Å². The van der Waals surface area contributed by atoms with E-state index in [0.29, 0.717) is 18.7 Å². The van der Waals surface area contributed by atoms with Crippen molar-refractivity contribution in [3.8, 4) is 0 Å². The first-order valence-electron chi connectivity index (χ1n) is 16.9. The van der Waals surface area contributed by atoms with Crippen LogP contribution in [-0.2, 0) is 15.0 Å². The van der Waals surface area contributed by atoms with Gasteiger partial charge >= 0.3 is 0 Å². The van der Waals surface area contributed by atoms with Crippen molar-refractivity contribution < 1.29 is 14.5 Å². The lowest BCUT2D eigenvalue weighted by atomic mass is 9.68. The van der Waals surface area contributed by atoms with Crippen LogP contribution in [-0.4, -0.2) is 53.7 Å². The third-order valence-corrected chi connectivity index (χ3v) is 9.88. The van der Waals surface area contributed by atoms with Crippen LogP contribution in [0, 0.1) is 22.0 Å². The van der Waals surface area contributed by atoms with Crippen LogP contribution in [0.4, 0.5) is 5.69 Å². The number of likely N-dealkylation sites (tertiary alicyclic amines) is 1. The van der Waals surface area contributed by atoms with Crippen molar-refractivity contribution in [2.45, 2.75) is 58.3 Å². The maximum atomic E-state index is 12.9. The number of piperidine rings is 1. The van der Waals surface area contributed by atoms with E-state index < -0.39 is 10.8 Å². The monoisotopic (exact) mass is 649 g/mol. The summed E-state index contributed by atoms with van der Waals surface area (Å²) in [4.78, 5) is 40.1. The molecule has 3 aromatic rings. The summed E-state index contributed by atoms with van der Waals surface area (Å²) >= 11 is 0. The van der Waals surface area contributed by atoms with Gasteiger partial charge in [-0.1, -0.05) is 100 Å². The fourth-order valence-corrected chi connectivity index (χ4v) is 7.39. The predicted molar refractivity (Wildman–Crippen MR) is 189 cm³/mol. The topological polar surface area (TPSA) is 108 Å². The molecule has 1 fully saturated rings. The Balaban J connectivity index is 1.38. The molecule has 2 amide bonds. The van der Waals surface area contributed by atoms with E-state index in [1.54, 1.807) is 17.0 Å². The molecule has 2 aliphatic heterocycles. The van der Waals surface area contributed by atoms with Crippen LogP contribution in [0.2, 0.25) is 0 Å². The number of hydrogen-bond donors (Lipinski definition) is 2. The van der Waals surface area contributed by atoms with E-state index in [2.05, 4.69) is 90.0 Å². The summed E-state index contributed by atoms with van der Waals surface area (Å²) in [5.74, 6) is -0.406. The molecule has 0 radical (unpaired) electrons. The lowest BCUT2D eigenvalue weighted by Gasteiger charge is -2.43. The Kier molecular flexibility index (Phi) is 11.1. The number of dihydropyridines is 1. The van der Waals surface area contributed by atoms with Gasteiger partial charge in [0.15, 0.2) is 0 Å². The number of benzene rings is 3. The molecule has 48 heavy (non-hydrogen) atoms. The molecule has 9 heteroatoms. The van der Waals surface area contributed by atoms with Crippen LogP contribution in [0.5, 0.6) is 0 Å². The molecule has 2 aliphatic rings. The third-order valence-electron chi connectivity index (χ3n) is 9.88. The number of non-ortho nitro benzene ring substituents is 1. The average molecular weight is 650 g/mol. The normalized spacial score (nSPS) is 18.1. The Hall–Kier alpha value is -4.76. The molecular formula is C39H47N5O4. The van der Waals surface area contributed by atoms with E-state index in [1.807, 2.05) is 13.8 Å². The van der Waals surface area contributed by atoms with Crippen molar-refractivity contribution >= 4 is 18.5 Å². The van der Waals surface area contributed by atoms with Crippen molar-refractivity contribution in [2.24, 2.45) is 11.8 Å². The van der Waals surface area contributed by atoms with Gasteiger partial charge in [0, 0.05) is 35.5 Å². The molecule has 5 rings (SSSR count). The summed E-state index contributed by atoms with van der Waals surface area (Å²) in [5.41, 5.74) is 6.59. The van der Waals surface area contributed by atoms with Gasteiger partial charge in [-0.25, -0.2) is 0 Å². The molecule has 0 aliphatic carbocycles. The summed E-state index contributed by atoms with van der Waals surface area (Å²) in [6.07, 6.45) is 4.32. The van der Waals surface area contributed by atoms with Gasteiger partial charge in [0.25, 0.3) is 5.69 Å². The smallest absolute Gasteiger partial charge is 0.269 e. The van der Waals surface area contributed by atoms with E-state index >= 15 is 0 Å². The van der Waals surface area contributed by atoms with E-state index in [9.17, 15) is 19.7 Å². The van der Waals surface area contributed by atoms with Gasteiger partial charge in [0.2, 0.25) is 12.8 Å². The van der Waals surface area contributed by atoms with Crippen LogP contribution >= 0.6 is 0 Å². The number of nitrogens with zero attached hydrogens (tertiary/aromatic N) is 3. The molecule has 1 saturated heterocycles. The first-order chi connectivity index (χ1) is 23.2. The lowest BCUT2D eigenvalue weighted by molar-refractivity contribution is -0.384. The van der Waals surface area contributed by atoms with Gasteiger partial charge in [-0.2, -0.15) is 0 Å². The minimum Gasteiger partial charge on any atom is -0.359 e. The number of carbonyl (C=O) groups is 2. The molecule has 1 atom stereocenters. The standard InChI is InChI=1S/C39H47N5O4/c1-28(2)35-37(40-26-45)34(30-16-18-33(19-17-30)44(47)48)38(36(41-35)29(3)4)43(27-46)23-11-22-42-24-20-39(21-25-42,31-12-7-5-8-13-31)32-14-9-6-10-15-32/h5-10,12-19,26-29,34,41H,11,20-25H2,1-4H3,(H,40,45). The number of nitro benzene ring substituents is 1. The van der Waals surface area contributed by atoms with E-state index in [-0.39, 0.29) is 22.9 Å². The highest BCUT2D eigenvalue weighted by molar-refractivity contribution is 5.61. The summed E-state index contributed by atoms with van der Waals surface area (Å²) in [5, 5.41) is 18.0. The highest BCUT2D eigenvalue weighted by Gasteiger charge is 2.39. The first-order valence-corrected chi connectivity index (χ1v) is 16.9. The number of allylic oxidation sites excluding steroid dienone is 2. The molecule has 0 saturated carbocycles. The first kappa shape index (κ1) is 34.6. The van der Waals surface area contributed by atoms with Crippen molar-refractivity contribution in [1.29, 1.82) is 0 Å². The maximum absolute atomic E-state index is 12.9. The van der Waals surface area contributed by atoms with Gasteiger partial charge in [0.05, 0.1) is 22.2 Å². The second-order valence-electron chi connectivity index (χ2n) is 13.4. The number of rotatable bonds is 14. The van der Waals surface area contributed by atoms with Crippen LogP contribution < -0.4 is 10.6 Å². The fraction of sp³-hybridized carbons (Fsp3) is 0.385. The van der Waals surface area contributed by atoms with Crippen molar-refractivity contribution in [2.75, 3.05) is 26.2 Å². The second-order valence-corrected chi connectivity index (χ2v) is 13.4. The number of carbonyl (C=O) groups excluding carboxylic acids is 2. The van der Waals surface area contributed by atoms with Crippen LogP contribution in [0.3, 0.4) is 0 Å². The van der Waals surface area contributed by atoms with Gasteiger partial charge < -0.3 is 20.4 Å². The highest BCUT2D eigenvalue weighted by atomic mass is 16.6. The van der Waals surface area contributed by atoms with Crippen LogP contribution in [0.1, 0.15) is 69.6 Å². The largest absolute Gasteiger partial charge is 0.359 e. The second kappa shape index (κ2) is 15.4. The summed E-state index contributed by atoms with van der Waals surface area (Å²) in [7, 11) is 0. The zero-order valence-corrected chi connectivity index (χ0v) is 28.4. The van der Waals surface area contributed by atoms with Crippen molar-refractivity contribution in [3.05, 3.63) is 135 Å². The predicted octanol–water partition coefficient (Wildman–Crippen LogP) is 6.69. The molecule has 0 aromatic heterocycles. The Morgan fingerprint density at radius 3 is 1.94 bits per heavy atom. The minimum absolute atomic E-state index is 0.0161. The molecule has 9 nitrogen and oxygen atoms in total. The summed E-state index contributed by atoms with van der Waals surface area (Å²) in [6, 6.07) is 28.0. The summed E-state index contributed by atoms with van der Waals surface area (Å²) < 4.78 is 0. The molecular weight excluding hydrogens is 602 g/mol. The van der Waals surface area contributed by atoms with Crippen LogP contribution in [0.25, 0.3) is 0 Å². The lowest BCUT2D eigenvalue weighted by Crippen LogP contribution is -2.44. The minimum atomic E-state index is -0.496. The number of nitrogens with one attached hydrogen (secondary N) is 2. The fourth-order valence-electron chi connectivity index (χ4n) is 7.39. The molecule has 252 valence electrons. The van der Waals surface area contributed by atoms with Gasteiger partial charge in [-0.05, 0) is 67.4 Å². The average Bonchev–Trinajstić information content (AvgIpc) is 3.11. The van der Waals surface area contributed by atoms with Crippen LogP contribution in [0.15, 0.2) is 108 Å². The Morgan fingerprint density at radius 1 is 0.896 bits per heavy atom. The third kappa shape index (κ3) is 7.21. The van der Waals surface area contributed by atoms with E-state index in [4.69, 9.17) is 0 Å². The van der Waals surface area contributed by atoms with Gasteiger partial charge in [0.1, 0.15) is 0 Å². The molecule has 1 unspecified atom stereocenters. The molecule has 0 bridgehead atoms. The highest BCUT2D eigenvalue weighted by Crippen LogP contribution is 2.43. The zero-order chi connectivity index (χ0) is 34.3. The van der Waals surface area contributed by atoms with E-state index in [1.165, 1.54) is 23.3 Å². The molecule has 3 aromatic carbocycles. The quantitative estimate of drug-likeness (QED) is 0.114.